The smallest absolute Gasteiger partial charge is 0.163 e. The number of hydrogen-bond acceptors (Lipinski definition) is 7. The van der Waals surface area contributed by atoms with Crippen molar-refractivity contribution < 1.29 is 34.4 Å². The first-order valence-corrected chi connectivity index (χ1v) is 14.7. The summed E-state index contributed by atoms with van der Waals surface area (Å²) in [6, 6.07) is 10.0. The Kier molecular flexibility index (Phi) is 9.84. The molecule has 3 aliphatic carbocycles. The standard InChI is InChI=1S/C36H42O7/c1-20(2)13-26(38)14-21(3)27-19-28-22(4)15-29(27)36(35(28)24-9-12-31(40)34(17-24)43-6)32(41)18-25(37)10-7-23-8-11-30(39)33(16-23)42-5/h7-13,15-18,21,27-29,35-37,39-40H,14,19H2,1-6H3. The van der Waals surface area contributed by atoms with E-state index in [2.05, 4.69) is 19.9 Å². The van der Waals surface area contributed by atoms with Crippen molar-refractivity contribution in [2.24, 2.45) is 29.6 Å². The molecule has 2 aromatic carbocycles. The average Bonchev–Trinajstić information content (AvgIpc) is 2.96. The summed E-state index contributed by atoms with van der Waals surface area (Å²) in [5.41, 5.74) is 3.74. The molecule has 0 spiro atoms. The zero-order chi connectivity index (χ0) is 31.4. The molecular formula is C36H42O7. The molecule has 6 unspecified atom stereocenters. The number of aliphatic hydroxyl groups excluding tert-OH is 1. The van der Waals surface area contributed by atoms with Crippen LogP contribution in [0.1, 0.15) is 57.6 Å². The Morgan fingerprint density at radius 3 is 2.30 bits per heavy atom. The highest BCUT2D eigenvalue weighted by molar-refractivity contribution is 5.94. The summed E-state index contributed by atoms with van der Waals surface area (Å²) in [5, 5.41) is 30.9. The molecule has 3 N–H and O–H groups in total. The number of benzene rings is 2. The fourth-order valence-electron chi connectivity index (χ4n) is 6.92. The van der Waals surface area contributed by atoms with Gasteiger partial charge in [-0.15, -0.1) is 0 Å². The lowest BCUT2D eigenvalue weighted by Crippen LogP contribution is -2.47. The molecule has 228 valence electrons. The number of fused-ring (bicyclic) bond motifs is 2. The first-order chi connectivity index (χ1) is 20.4. The molecule has 1 saturated carbocycles. The first kappa shape index (κ1) is 31.7. The number of ether oxygens (including phenoxy) is 2. The van der Waals surface area contributed by atoms with Gasteiger partial charge in [0.15, 0.2) is 34.6 Å². The van der Waals surface area contributed by atoms with E-state index in [9.17, 15) is 24.9 Å². The van der Waals surface area contributed by atoms with Crippen molar-refractivity contribution in [2.45, 2.75) is 46.5 Å². The van der Waals surface area contributed by atoms with Crippen LogP contribution < -0.4 is 9.47 Å². The van der Waals surface area contributed by atoms with Gasteiger partial charge in [-0.2, -0.15) is 0 Å². The summed E-state index contributed by atoms with van der Waals surface area (Å²) >= 11 is 0. The van der Waals surface area contributed by atoms with Crippen LogP contribution in [0.3, 0.4) is 0 Å². The number of carbonyl (C=O) groups excluding carboxylic acids is 2. The Morgan fingerprint density at radius 1 is 1.00 bits per heavy atom. The normalized spacial score (nSPS) is 23.9. The largest absolute Gasteiger partial charge is 0.508 e. The second-order valence-corrected chi connectivity index (χ2v) is 12.1. The number of phenolic OH excluding ortho intramolecular Hbond substituents is 2. The van der Waals surface area contributed by atoms with Gasteiger partial charge >= 0.3 is 0 Å². The fraction of sp³-hybridized carbons (Fsp3) is 0.389. The van der Waals surface area contributed by atoms with Crippen LogP contribution in [0, 0.1) is 29.6 Å². The molecule has 43 heavy (non-hydrogen) atoms. The molecule has 2 bridgehead atoms. The molecule has 2 aromatic rings. The third kappa shape index (κ3) is 7.04. The fourth-order valence-corrected chi connectivity index (χ4v) is 6.92. The van der Waals surface area contributed by atoms with Crippen LogP contribution >= 0.6 is 0 Å². The van der Waals surface area contributed by atoms with Crippen LogP contribution in [0.4, 0.5) is 0 Å². The second kappa shape index (κ2) is 13.4. The van der Waals surface area contributed by atoms with Crippen molar-refractivity contribution in [3.05, 3.63) is 88.7 Å². The summed E-state index contributed by atoms with van der Waals surface area (Å²) in [6.45, 7) is 8.01. The van der Waals surface area contributed by atoms with E-state index in [0.29, 0.717) is 23.5 Å². The lowest BCUT2D eigenvalue weighted by molar-refractivity contribution is -0.124. The van der Waals surface area contributed by atoms with Gasteiger partial charge in [-0.1, -0.05) is 42.4 Å². The summed E-state index contributed by atoms with van der Waals surface area (Å²) in [5.74, 6) is -0.197. The van der Waals surface area contributed by atoms with Crippen LogP contribution in [0.5, 0.6) is 23.0 Å². The Morgan fingerprint density at radius 2 is 1.65 bits per heavy atom. The van der Waals surface area contributed by atoms with Crippen molar-refractivity contribution in [1.82, 2.24) is 0 Å². The molecule has 0 heterocycles. The molecule has 0 saturated heterocycles. The zero-order valence-corrected chi connectivity index (χ0v) is 25.7. The van der Waals surface area contributed by atoms with Gasteiger partial charge in [-0.25, -0.2) is 0 Å². The van der Waals surface area contributed by atoms with Gasteiger partial charge in [0.2, 0.25) is 0 Å². The van der Waals surface area contributed by atoms with E-state index in [1.54, 1.807) is 36.4 Å². The van der Waals surface area contributed by atoms with Gasteiger partial charge in [0, 0.05) is 24.3 Å². The minimum Gasteiger partial charge on any atom is -0.508 e. The topological polar surface area (TPSA) is 113 Å². The maximum Gasteiger partial charge on any atom is 0.163 e. The summed E-state index contributed by atoms with van der Waals surface area (Å²) < 4.78 is 10.6. The highest BCUT2D eigenvalue weighted by Gasteiger charge is 2.52. The first-order valence-electron chi connectivity index (χ1n) is 14.7. The van der Waals surface area contributed by atoms with E-state index in [1.807, 2.05) is 19.9 Å². The van der Waals surface area contributed by atoms with E-state index >= 15 is 0 Å². The molecule has 6 atom stereocenters. The Balaban J connectivity index is 1.70. The highest BCUT2D eigenvalue weighted by Crippen LogP contribution is 2.58. The van der Waals surface area contributed by atoms with Crippen LogP contribution in [-0.2, 0) is 9.59 Å². The number of aliphatic hydroxyl groups is 1. The Bertz CT molecular complexity index is 1490. The maximum absolute atomic E-state index is 14.1. The number of allylic oxidation sites excluding steroid dienone is 6. The van der Waals surface area contributed by atoms with Gasteiger partial charge in [0.1, 0.15) is 5.76 Å². The number of carbonyl (C=O) groups is 2. The predicted octanol–water partition coefficient (Wildman–Crippen LogP) is 7.31. The highest BCUT2D eigenvalue weighted by atomic mass is 16.5. The van der Waals surface area contributed by atoms with E-state index in [4.69, 9.17) is 9.47 Å². The van der Waals surface area contributed by atoms with Crippen LogP contribution in [0.15, 0.2) is 77.6 Å². The summed E-state index contributed by atoms with van der Waals surface area (Å²) in [4.78, 5) is 26.8. The van der Waals surface area contributed by atoms with E-state index in [-0.39, 0.29) is 58.4 Å². The third-order valence-electron chi connectivity index (χ3n) is 8.86. The SMILES string of the molecule is COc1cc(C=CC(O)=CC(=O)C2C3C=C(C)C(CC3C(C)CC(=O)C=C(C)C)C2c2ccc(O)c(OC)c2)ccc1O. The molecule has 0 aliphatic heterocycles. The van der Waals surface area contributed by atoms with E-state index in [1.165, 1.54) is 38.0 Å². The van der Waals surface area contributed by atoms with Crippen molar-refractivity contribution in [3.8, 4) is 23.0 Å². The minimum atomic E-state index is -0.480. The molecule has 0 radical (unpaired) electrons. The molecular weight excluding hydrogens is 544 g/mol. The number of aromatic hydroxyl groups is 2. The number of rotatable bonds is 11. The Labute approximate surface area is 253 Å². The van der Waals surface area contributed by atoms with Crippen molar-refractivity contribution in [3.63, 3.8) is 0 Å². The predicted molar refractivity (Wildman–Crippen MR) is 167 cm³/mol. The van der Waals surface area contributed by atoms with Crippen molar-refractivity contribution >= 4 is 17.6 Å². The third-order valence-corrected chi connectivity index (χ3v) is 8.86. The van der Waals surface area contributed by atoms with E-state index in [0.717, 1.165) is 17.6 Å². The molecule has 1 fully saturated rings. The monoisotopic (exact) mass is 586 g/mol. The molecule has 7 nitrogen and oxygen atoms in total. The van der Waals surface area contributed by atoms with Crippen LogP contribution in [0.25, 0.3) is 6.08 Å². The minimum absolute atomic E-state index is 0.00790. The molecule has 0 amide bonds. The summed E-state index contributed by atoms with van der Waals surface area (Å²) in [7, 11) is 2.95. The van der Waals surface area contributed by atoms with Gasteiger partial charge in [0.25, 0.3) is 0 Å². The molecule has 3 aliphatic rings. The van der Waals surface area contributed by atoms with E-state index < -0.39 is 5.92 Å². The number of phenols is 2. The Hall–Kier alpha value is -4.26. The molecule has 7 heteroatoms. The van der Waals surface area contributed by atoms with Gasteiger partial charge < -0.3 is 24.8 Å². The second-order valence-electron chi connectivity index (χ2n) is 12.1. The summed E-state index contributed by atoms with van der Waals surface area (Å²) in [6.07, 6.45) is 9.49. The molecule has 0 aromatic heterocycles. The number of hydrogen-bond donors (Lipinski definition) is 3. The van der Waals surface area contributed by atoms with Crippen molar-refractivity contribution in [2.75, 3.05) is 14.2 Å². The maximum atomic E-state index is 14.1. The quantitative estimate of drug-likeness (QED) is 0.109. The van der Waals surface area contributed by atoms with Gasteiger partial charge in [-0.3, -0.25) is 9.59 Å². The van der Waals surface area contributed by atoms with Crippen LogP contribution in [-0.4, -0.2) is 41.1 Å². The molecule has 5 rings (SSSR count). The number of ketones is 2. The average molecular weight is 587 g/mol. The lowest BCUT2D eigenvalue weighted by atomic mass is 9.51. The van der Waals surface area contributed by atoms with Gasteiger partial charge in [-0.05, 0) is 98.4 Å². The van der Waals surface area contributed by atoms with Crippen molar-refractivity contribution in [1.29, 1.82) is 0 Å². The number of methoxy groups -OCH3 is 2. The van der Waals surface area contributed by atoms with Gasteiger partial charge in [0.05, 0.1) is 14.2 Å². The van der Waals surface area contributed by atoms with Crippen LogP contribution in [0.2, 0.25) is 0 Å². The zero-order valence-electron chi connectivity index (χ0n) is 25.7. The lowest BCUT2D eigenvalue weighted by Gasteiger charge is -2.52.